The fraction of sp³-hybridized carbons (Fsp3) is 0.222. The van der Waals surface area contributed by atoms with Gasteiger partial charge in [-0.1, -0.05) is 28.9 Å². The van der Waals surface area contributed by atoms with Crippen LogP contribution in [0.2, 0.25) is 5.02 Å². The Morgan fingerprint density at radius 1 is 1.38 bits per heavy atom. The quantitative estimate of drug-likeness (QED) is 0.546. The van der Waals surface area contributed by atoms with Crippen molar-refractivity contribution in [3.05, 3.63) is 62.8 Å². The molecule has 0 saturated carbocycles. The molecule has 0 aliphatic rings. The van der Waals surface area contributed by atoms with Gasteiger partial charge in [0.2, 0.25) is 0 Å². The number of hydrogen-bond donors (Lipinski definition) is 1. The summed E-state index contributed by atoms with van der Waals surface area (Å²) < 4.78 is 19.3. The Balaban J connectivity index is 1.65. The van der Waals surface area contributed by atoms with E-state index in [1.54, 1.807) is 36.1 Å². The van der Waals surface area contributed by atoms with Crippen molar-refractivity contribution in [3.8, 4) is 11.3 Å². The SMILES string of the molecule is Cc1onc(-c2c(F)cccc2Cl)c1C(=O)NCCSCc1cccs1. The molecule has 136 valence electrons. The third kappa shape index (κ3) is 4.28. The van der Waals surface area contributed by atoms with Crippen LogP contribution in [0, 0.1) is 12.7 Å². The van der Waals surface area contributed by atoms with Crippen LogP contribution < -0.4 is 5.32 Å². The highest BCUT2D eigenvalue weighted by atomic mass is 35.5. The average Bonchev–Trinajstić information content (AvgIpc) is 3.24. The summed E-state index contributed by atoms with van der Waals surface area (Å²) in [4.78, 5) is 13.9. The summed E-state index contributed by atoms with van der Waals surface area (Å²) in [6.45, 7) is 2.11. The molecule has 0 unspecified atom stereocenters. The van der Waals surface area contributed by atoms with Crippen LogP contribution in [-0.2, 0) is 5.75 Å². The second-order valence-electron chi connectivity index (χ2n) is 5.45. The van der Waals surface area contributed by atoms with Crippen LogP contribution in [0.5, 0.6) is 0 Å². The molecule has 3 aromatic rings. The van der Waals surface area contributed by atoms with Crippen molar-refractivity contribution in [2.75, 3.05) is 12.3 Å². The van der Waals surface area contributed by atoms with E-state index in [0.717, 1.165) is 11.5 Å². The zero-order valence-electron chi connectivity index (χ0n) is 13.9. The summed E-state index contributed by atoms with van der Waals surface area (Å²) in [7, 11) is 0. The molecule has 0 spiro atoms. The molecule has 0 atom stereocenters. The topological polar surface area (TPSA) is 55.1 Å². The highest BCUT2D eigenvalue weighted by Gasteiger charge is 2.25. The number of nitrogens with zero attached hydrogens (tertiary/aromatic N) is 1. The van der Waals surface area contributed by atoms with E-state index in [9.17, 15) is 9.18 Å². The van der Waals surface area contributed by atoms with Crippen LogP contribution >= 0.6 is 34.7 Å². The summed E-state index contributed by atoms with van der Waals surface area (Å²) in [5, 5.41) is 8.90. The molecule has 0 fully saturated rings. The lowest BCUT2D eigenvalue weighted by Crippen LogP contribution is -2.26. The Morgan fingerprint density at radius 2 is 2.23 bits per heavy atom. The highest BCUT2D eigenvalue weighted by Crippen LogP contribution is 2.33. The molecule has 1 aromatic carbocycles. The van der Waals surface area contributed by atoms with Gasteiger partial charge in [0.1, 0.15) is 22.8 Å². The first-order chi connectivity index (χ1) is 12.6. The lowest BCUT2D eigenvalue weighted by Gasteiger charge is -2.07. The molecule has 1 amide bonds. The van der Waals surface area contributed by atoms with Crippen molar-refractivity contribution < 1.29 is 13.7 Å². The number of nitrogens with one attached hydrogen (secondary N) is 1. The minimum Gasteiger partial charge on any atom is -0.360 e. The number of carbonyl (C=O) groups excluding carboxylic acids is 1. The first-order valence-corrected chi connectivity index (χ1v) is 10.3. The second-order valence-corrected chi connectivity index (χ2v) is 7.99. The van der Waals surface area contributed by atoms with E-state index < -0.39 is 5.82 Å². The molecular weight excluding hydrogens is 395 g/mol. The predicted octanol–water partition coefficient (Wildman–Crippen LogP) is 5.17. The predicted molar refractivity (Wildman–Crippen MR) is 104 cm³/mol. The molecule has 3 rings (SSSR count). The summed E-state index contributed by atoms with van der Waals surface area (Å²) in [5.74, 6) is 1.10. The van der Waals surface area contributed by atoms with Crippen molar-refractivity contribution in [2.24, 2.45) is 0 Å². The number of aryl methyl sites for hydroxylation is 1. The van der Waals surface area contributed by atoms with Crippen molar-refractivity contribution in [1.82, 2.24) is 10.5 Å². The zero-order chi connectivity index (χ0) is 18.5. The number of thiophene rings is 1. The Kier molecular flexibility index (Phi) is 6.34. The Hall–Kier alpha value is -1.83. The Bertz CT molecular complexity index is 876. The van der Waals surface area contributed by atoms with Crippen LogP contribution in [0.15, 0.2) is 40.2 Å². The van der Waals surface area contributed by atoms with Crippen molar-refractivity contribution in [2.45, 2.75) is 12.7 Å². The first kappa shape index (κ1) is 18.9. The van der Waals surface area contributed by atoms with Crippen molar-refractivity contribution in [1.29, 1.82) is 0 Å². The maximum absolute atomic E-state index is 14.2. The van der Waals surface area contributed by atoms with Crippen LogP contribution in [0.1, 0.15) is 21.0 Å². The summed E-state index contributed by atoms with van der Waals surface area (Å²) >= 11 is 9.54. The molecule has 0 saturated heterocycles. The number of amides is 1. The maximum Gasteiger partial charge on any atom is 0.257 e. The van der Waals surface area contributed by atoms with Gasteiger partial charge in [-0.3, -0.25) is 4.79 Å². The standard InChI is InChI=1S/C18H16ClFN2O2S2/c1-11-15(17(22-24-11)16-13(19)5-2-6-14(16)20)18(23)21-7-9-25-10-12-4-3-8-26-12/h2-6,8H,7,9-10H2,1H3,(H,21,23). The van der Waals surface area contributed by atoms with Gasteiger partial charge in [-0.2, -0.15) is 11.8 Å². The van der Waals surface area contributed by atoms with Crippen LogP contribution in [-0.4, -0.2) is 23.4 Å². The van der Waals surface area contributed by atoms with Crippen LogP contribution in [0.4, 0.5) is 4.39 Å². The normalized spacial score (nSPS) is 10.9. The summed E-state index contributed by atoms with van der Waals surface area (Å²) in [6.07, 6.45) is 0. The van der Waals surface area contributed by atoms with Crippen molar-refractivity contribution >= 4 is 40.6 Å². The van der Waals surface area contributed by atoms with Gasteiger partial charge >= 0.3 is 0 Å². The minimum atomic E-state index is -0.550. The van der Waals surface area contributed by atoms with Crippen molar-refractivity contribution in [3.63, 3.8) is 0 Å². The van der Waals surface area contributed by atoms with E-state index in [4.69, 9.17) is 16.1 Å². The highest BCUT2D eigenvalue weighted by molar-refractivity contribution is 7.98. The Morgan fingerprint density at radius 3 is 2.96 bits per heavy atom. The lowest BCUT2D eigenvalue weighted by atomic mass is 10.0. The second kappa shape index (κ2) is 8.70. The van der Waals surface area contributed by atoms with Crippen LogP contribution in [0.25, 0.3) is 11.3 Å². The molecule has 1 N–H and O–H groups in total. The molecule has 0 radical (unpaired) electrons. The lowest BCUT2D eigenvalue weighted by molar-refractivity contribution is 0.0955. The number of aromatic nitrogens is 1. The van der Waals surface area contributed by atoms with Gasteiger partial charge in [-0.25, -0.2) is 4.39 Å². The average molecular weight is 411 g/mol. The van der Waals surface area contributed by atoms with Gasteiger partial charge < -0.3 is 9.84 Å². The number of hydrogen-bond acceptors (Lipinski definition) is 5. The maximum atomic E-state index is 14.2. The molecule has 0 aliphatic carbocycles. The van der Waals surface area contributed by atoms with Crippen LogP contribution in [0.3, 0.4) is 0 Å². The molecule has 26 heavy (non-hydrogen) atoms. The van der Waals surface area contributed by atoms with E-state index in [1.807, 2.05) is 11.4 Å². The fourth-order valence-electron chi connectivity index (χ4n) is 2.43. The third-order valence-corrected chi connectivity index (χ3v) is 6.03. The molecular formula is C18H16ClFN2O2S2. The van der Waals surface area contributed by atoms with Gasteiger partial charge in [0.15, 0.2) is 0 Å². The van der Waals surface area contributed by atoms with E-state index in [0.29, 0.717) is 12.3 Å². The molecule has 0 aliphatic heterocycles. The number of carbonyl (C=O) groups is 1. The van der Waals surface area contributed by atoms with Gasteiger partial charge in [0, 0.05) is 22.9 Å². The summed E-state index contributed by atoms with van der Waals surface area (Å²) in [6, 6.07) is 8.42. The summed E-state index contributed by atoms with van der Waals surface area (Å²) in [5.41, 5.74) is 0.401. The number of thioether (sulfide) groups is 1. The molecule has 8 heteroatoms. The largest absolute Gasteiger partial charge is 0.360 e. The first-order valence-electron chi connectivity index (χ1n) is 7.87. The monoisotopic (exact) mass is 410 g/mol. The fourth-order valence-corrected chi connectivity index (χ4v) is 4.38. The van der Waals surface area contributed by atoms with Gasteiger partial charge in [0.25, 0.3) is 5.91 Å². The molecule has 2 aromatic heterocycles. The van der Waals surface area contributed by atoms with Gasteiger partial charge in [0.05, 0.1) is 10.6 Å². The van der Waals surface area contributed by atoms with Gasteiger partial charge in [-0.05, 0) is 30.5 Å². The molecule has 2 heterocycles. The van der Waals surface area contributed by atoms with E-state index in [-0.39, 0.29) is 27.8 Å². The number of rotatable bonds is 7. The zero-order valence-corrected chi connectivity index (χ0v) is 16.3. The molecule has 4 nitrogen and oxygen atoms in total. The smallest absolute Gasteiger partial charge is 0.257 e. The van der Waals surface area contributed by atoms with Gasteiger partial charge in [-0.15, -0.1) is 11.3 Å². The van der Waals surface area contributed by atoms with E-state index in [2.05, 4.69) is 16.5 Å². The van der Waals surface area contributed by atoms with E-state index >= 15 is 0 Å². The number of benzene rings is 1. The molecule has 0 bridgehead atoms. The Labute approximate surface area is 163 Å². The third-order valence-electron chi connectivity index (χ3n) is 3.65. The minimum absolute atomic E-state index is 0.0724. The number of halogens is 2. The van der Waals surface area contributed by atoms with E-state index in [1.165, 1.54) is 17.0 Å².